The summed E-state index contributed by atoms with van der Waals surface area (Å²) in [7, 11) is 6.29. The molecule has 1 aliphatic heterocycles. The van der Waals surface area contributed by atoms with Crippen LogP contribution in [0.5, 0.6) is 0 Å². The molecule has 0 radical (unpaired) electrons. The Morgan fingerprint density at radius 1 is 1.44 bits per heavy atom. The maximum atomic E-state index is 6.19. The van der Waals surface area contributed by atoms with Gasteiger partial charge >= 0.3 is 0 Å². The lowest BCUT2D eigenvalue weighted by atomic mass is 10.2. The molecule has 0 saturated carbocycles. The van der Waals surface area contributed by atoms with E-state index < -0.39 is 0 Å². The summed E-state index contributed by atoms with van der Waals surface area (Å²) in [5.74, 6) is 1.05. The van der Waals surface area contributed by atoms with Crippen LogP contribution in [0.2, 0.25) is 0 Å². The molecule has 1 aromatic rings. The highest BCUT2D eigenvalue weighted by molar-refractivity contribution is 5.66. The fourth-order valence-corrected chi connectivity index (χ4v) is 2.91. The van der Waals surface area contributed by atoms with Crippen molar-refractivity contribution in [3.8, 4) is 0 Å². The molecule has 2 rings (SSSR count). The Balaban J connectivity index is 2.13. The van der Waals surface area contributed by atoms with E-state index in [1.165, 1.54) is 19.4 Å². The number of nitrogen functional groups attached to an aromatic ring is 1. The highest BCUT2D eigenvalue weighted by Crippen LogP contribution is 2.27. The number of nitrogens with zero attached hydrogens (tertiary/aromatic N) is 4. The van der Waals surface area contributed by atoms with Gasteiger partial charge in [0.1, 0.15) is 5.82 Å². The highest BCUT2D eigenvalue weighted by Gasteiger charge is 2.24. The topological polar surface area (TPSA) is 50.3 Å². The van der Waals surface area contributed by atoms with Crippen LogP contribution in [0.3, 0.4) is 0 Å². The molecule has 0 amide bonds. The lowest BCUT2D eigenvalue weighted by Crippen LogP contribution is -2.37. The van der Waals surface area contributed by atoms with Gasteiger partial charge in [-0.15, -0.1) is 0 Å². The molecule has 1 fully saturated rings. The number of aromatic nitrogens is 2. The van der Waals surface area contributed by atoms with Crippen molar-refractivity contribution in [2.75, 3.05) is 37.8 Å². The molecule has 2 heterocycles. The number of aryl methyl sites for hydroxylation is 2. The number of likely N-dealkylation sites (N-methyl/N-ethyl adjacent to an activating group) is 2. The molecule has 0 aliphatic carbocycles. The second-order valence-corrected chi connectivity index (χ2v) is 5.32. The average molecular weight is 251 g/mol. The summed E-state index contributed by atoms with van der Waals surface area (Å²) in [5, 5.41) is 4.48. The van der Waals surface area contributed by atoms with Crippen molar-refractivity contribution in [3.05, 3.63) is 5.69 Å². The normalized spacial score (nSPS) is 20.6. The second kappa shape index (κ2) is 5.18. The molecule has 1 atom stereocenters. The van der Waals surface area contributed by atoms with Gasteiger partial charge in [0.05, 0.1) is 11.4 Å². The van der Waals surface area contributed by atoms with Crippen LogP contribution in [0.1, 0.15) is 25.5 Å². The molecule has 5 nitrogen and oxygen atoms in total. The van der Waals surface area contributed by atoms with Gasteiger partial charge < -0.3 is 15.5 Å². The molecule has 5 heteroatoms. The quantitative estimate of drug-likeness (QED) is 0.870. The molecule has 0 bridgehead atoms. The van der Waals surface area contributed by atoms with Crippen molar-refractivity contribution >= 4 is 11.5 Å². The minimum atomic E-state index is 0.634. The summed E-state index contributed by atoms with van der Waals surface area (Å²) >= 11 is 0. The number of likely N-dealkylation sites (tertiary alicyclic amines) is 1. The number of hydrogen-bond donors (Lipinski definition) is 1. The van der Waals surface area contributed by atoms with Crippen molar-refractivity contribution in [1.29, 1.82) is 0 Å². The zero-order valence-electron chi connectivity index (χ0n) is 12.0. The molecule has 18 heavy (non-hydrogen) atoms. The summed E-state index contributed by atoms with van der Waals surface area (Å²) < 4.78 is 1.91. The van der Waals surface area contributed by atoms with E-state index in [-0.39, 0.29) is 0 Å². The zero-order chi connectivity index (χ0) is 13.3. The van der Waals surface area contributed by atoms with Gasteiger partial charge in [0.15, 0.2) is 0 Å². The summed E-state index contributed by atoms with van der Waals surface area (Å²) in [6.07, 6.45) is 3.46. The summed E-state index contributed by atoms with van der Waals surface area (Å²) in [6.45, 7) is 4.32. The van der Waals surface area contributed by atoms with Crippen molar-refractivity contribution < 1.29 is 0 Å². The van der Waals surface area contributed by atoms with Crippen LogP contribution < -0.4 is 10.6 Å². The molecule has 102 valence electrons. The minimum Gasteiger partial charge on any atom is -0.394 e. The fraction of sp³-hybridized carbons (Fsp3) is 0.769. The Bertz CT molecular complexity index is 412. The van der Waals surface area contributed by atoms with Crippen LogP contribution >= 0.6 is 0 Å². The first-order valence-electron chi connectivity index (χ1n) is 6.77. The van der Waals surface area contributed by atoms with E-state index in [1.54, 1.807) is 0 Å². The van der Waals surface area contributed by atoms with E-state index in [0.717, 1.165) is 30.2 Å². The van der Waals surface area contributed by atoms with E-state index in [2.05, 4.69) is 35.9 Å². The van der Waals surface area contributed by atoms with Crippen LogP contribution in [0.4, 0.5) is 11.5 Å². The fourth-order valence-electron chi connectivity index (χ4n) is 2.91. The van der Waals surface area contributed by atoms with E-state index >= 15 is 0 Å². The van der Waals surface area contributed by atoms with E-state index in [1.807, 2.05) is 11.7 Å². The van der Waals surface area contributed by atoms with Crippen molar-refractivity contribution in [1.82, 2.24) is 14.7 Å². The molecule has 0 spiro atoms. The molecule has 1 aromatic heterocycles. The monoisotopic (exact) mass is 251 g/mol. The number of nitrogens with two attached hydrogens (primary N) is 1. The number of anilines is 2. The molecule has 2 N–H and O–H groups in total. The molecule has 0 aromatic carbocycles. The van der Waals surface area contributed by atoms with Crippen LogP contribution in [0, 0.1) is 0 Å². The first kappa shape index (κ1) is 13.2. The van der Waals surface area contributed by atoms with Gasteiger partial charge in [-0.3, -0.25) is 4.68 Å². The largest absolute Gasteiger partial charge is 0.394 e. The van der Waals surface area contributed by atoms with Gasteiger partial charge in [-0.25, -0.2) is 0 Å². The maximum absolute atomic E-state index is 6.19. The van der Waals surface area contributed by atoms with Crippen LogP contribution in [-0.2, 0) is 13.5 Å². The molecular formula is C13H25N5. The predicted octanol–water partition coefficient (Wildman–Crippen LogP) is 1.10. The molecular weight excluding hydrogens is 226 g/mol. The van der Waals surface area contributed by atoms with Crippen molar-refractivity contribution in [3.63, 3.8) is 0 Å². The molecule has 1 saturated heterocycles. The van der Waals surface area contributed by atoms with Gasteiger partial charge in [-0.05, 0) is 32.9 Å². The Morgan fingerprint density at radius 2 is 2.17 bits per heavy atom. The van der Waals surface area contributed by atoms with E-state index in [0.29, 0.717) is 6.04 Å². The standard InChI is InChI=1S/C13H25N5/c1-5-11-12(14)13(18(4)15-11)17(3)9-10-7-6-8-16(10)2/h10H,5-9,14H2,1-4H3. The lowest BCUT2D eigenvalue weighted by molar-refractivity contribution is 0.313. The lowest BCUT2D eigenvalue weighted by Gasteiger charge is -2.27. The van der Waals surface area contributed by atoms with Gasteiger partial charge in [0.2, 0.25) is 0 Å². The maximum Gasteiger partial charge on any atom is 0.150 e. The van der Waals surface area contributed by atoms with Crippen LogP contribution in [-0.4, -0.2) is 47.9 Å². The minimum absolute atomic E-state index is 0.634. The zero-order valence-corrected chi connectivity index (χ0v) is 12.0. The second-order valence-electron chi connectivity index (χ2n) is 5.32. The summed E-state index contributed by atoms with van der Waals surface area (Å²) in [5.41, 5.74) is 8.02. The Labute approximate surface area is 110 Å². The SMILES string of the molecule is CCc1nn(C)c(N(C)CC2CCCN2C)c1N. The van der Waals surface area contributed by atoms with Crippen LogP contribution in [0.15, 0.2) is 0 Å². The van der Waals surface area contributed by atoms with Gasteiger partial charge in [-0.1, -0.05) is 6.92 Å². The Kier molecular flexibility index (Phi) is 3.80. The highest BCUT2D eigenvalue weighted by atomic mass is 15.4. The molecule has 1 unspecified atom stereocenters. The summed E-state index contributed by atoms with van der Waals surface area (Å²) in [6, 6.07) is 0.634. The Morgan fingerprint density at radius 3 is 2.67 bits per heavy atom. The van der Waals surface area contributed by atoms with E-state index in [9.17, 15) is 0 Å². The third-order valence-corrected chi connectivity index (χ3v) is 3.98. The summed E-state index contributed by atoms with van der Waals surface area (Å²) in [4.78, 5) is 4.68. The van der Waals surface area contributed by atoms with Crippen LogP contribution in [0.25, 0.3) is 0 Å². The number of hydrogen-bond acceptors (Lipinski definition) is 4. The van der Waals surface area contributed by atoms with Gasteiger partial charge in [0, 0.05) is 26.7 Å². The smallest absolute Gasteiger partial charge is 0.150 e. The van der Waals surface area contributed by atoms with Gasteiger partial charge in [-0.2, -0.15) is 5.10 Å². The average Bonchev–Trinajstić information content (AvgIpc) is 2.83. The van der Waals surface area contributed by atoms with Gasteiger partial charge in [0.25, 0.3) is 0 Å². The third-order valence-electron chi connectivity index (χ3n) is 3.98. The predicted molar refractivity (Wildman–Crippen MR) is 75.9 cm³/mol. The van der Waals surface area contributed by atoms with Crippen molar-refractivity contribution in [2.24, 2.45) is 7.05 Å². The Hall–Kier alpha value is -1.23. The number of rotatable bonds is 4. The first-order chi connectivity index (χ1) is 8.54. The third kappa shape index (κ3) is 2.32. The molecule has 1 aliphatic rings. The first-order valence-corrected chi connectivity index (χ1v) is 6.77. The van der Waals surface area contributed by atoms with E-state index in [4.69, 9.17) is 5.73 Å². The van der Waals surface area contributed by atoms with Crippen molar-refractivity contribution in [2.45, 2.75) is 32.2 Å².